The van der Waals surface area contributed by atoms with Gasteiger partial charge in [0.05, 0.1) is 6.54 Å². The minimum Gasteiger partial charge on any atom is -0.351 e. The van der Waals surface area contributed by atoms with Gasteiger partial charge in [-0.25, -0.2) is 13.1 Å². The molecule has 22 heavy (non-hydrogen) atoms. The summed E-state index contributed by atoms with van der Waals surface area (Å²) in [6.07, 6.45) is 4.27. The predicted octanol–water partition coefficient (Wildman–Crippen LogP) is 2.88. The van der Waals surface area contributed by atoms with Gasteiger partial charge in [-0.05, 0) is 24.5 Å². The summed E-state index contributed by atoms with van der Waals surface area (Å²) >= 11 is 1.19. The Labute approximate surface area is 137 Å². The molecule has 2 N–H and O–H groups in total. The van der Waals surface area contributed by atoms with Crippen LogP contribution in [0.2, 0.25) is 0 Å². The quantitative estimate of drug-likeness (QED) is 0.684. The van der Waals surface area contributed by atoms with E-state index in [1.54, 1.807) is 12.1 Å². The number of carbonyl (C=O) groups is 1. The fraction of sp³-hybridized carbons (Fsp3) is 0.667. The van der Waals surface area contributed by atoms with Gasteiger partial charge in [0.15, 0.2) is 0 Å². The van der Waals surface area contributed by atoms with Crippen LogP contribution in [-0.4, -0.2) is 20.9 Å². The van der Waals surface area contributed by atoms with E-state index in [-0.39, 0.29) is 5.91 Å². The van der Waals surface area contributed by atoms with Gasteiger partial charge < -0.3 is 5.32 Å². The Bertz CT molecular complexity index is 567. The third kappa shape index (κ3) is 6.46. The zero-order chi connectivity index (χ0) is 16.6. The molecule has 0 radical (unpaired) electrons. The third-order valence-corrected chi connectivity index (χ3v) is 6.52. The molecule has 1 unspecified atom stereocenters. The van der Waals surface area contributed by atoms with Crippen LogP contribution in [0.4, 0.5) is 0 Å². The van der Waals surface area contributed by atoms with Crippen LogP contribution in [-0.2, 0) is 21.4 Å². The molecule has 0 aliphatic carbocycles. The number of hydrogen-bond donors (Lipinski definition) is 2. The molecule has 0 aliphatic heterocycles. The van der Waals surface area contributed by atoms with Crippen molar-refractivity contribution in [3.63, 3.8) is 0 Å². The lowest BCUT2D eigenvalue weighted by atomic mass is 10.00. The predicted molar refractivity (Wildman–Crippen MR) is 90.3 cm³/mol. The van der Waals surface area contributed by atoms with Gasteiger partial charge in [-0.1, -0.05) is 33.1 Å². The lowest BCUT2D eigenvalue weighted by molar-refractivity contribution is -0.119. The third-order valence-electron chi connectivity index (χ3n) is 3.52. The summed E-state index contributed by atoms with van der Waals surface area (Å²) in [5.41, 5.74) is 0. The van der Waals surface area contributed by atoms with Crippen LogP contribution in [0.3, 0.4) is 0 Å². The highest BCUT2D eigenvalue weighted by Crippen LogP contribution is 2.22. The zero-order valence-electron chi connectivity index (χ0n) is 13.5. The first-order valence-corrected chi connectivity index (χ1v) is 10.0. The van der Waals surface area contributed by atoms with E-state index in [1.165, 1.54) is 18.3 Å². The smallest absolute Gasteiger partial charge is 0.250 e. The molecule has 126 valence electrons. The first-order valence-electron chi connectivity index (χ1n) is 7.71. The molecule has 0 spiro atoms. The standard InChI is InChI=1S/C15H26N2O3S2/c1-4-6-7-13(5-2)10-17-22(19,20)15-9-8-14(21-15)11-16-12(3)18/h8-9,13,17H,4-7,10-11H2,1-3H3,(H,16,18). The summed E-state index contributed by atoms with van der Waals surface area (Å²) in [7, 11) is -3.45. The van der Waals surface area contributed by atoms with Gasteiger partial charge in [0.25, 0.3) is 0 Å². The van der Waals surface area contributed by atoms with E-state index in [0.29, 0.717) is 23.2 Å². The fourth-order valence-electron chi connectivity index (χ4n) is 2.05. The van der Waals surface area contributed by atoms with Gasteiger partial charge in [-0.3, -0.25) is 4.79 Å². The molecule has 0 aliphatic rings. The summed E-state index contributed by atoms with van der Waals surface area (Å²) in [5.74, 6) is 0.256. The Morgan fingerprint density at radius 1 is 1.32 bits per heavy atom. The Kier molecular flexibility index (Phi) is 8.06. The molecule has 0 saturated heterocycles. The van der Waals surface area contributed by atoms with E-state index < -0.39 is 10.0 Å². The lowest BCUT2D eigenvalue weighted by Crippen LogP contribution is -2.28. The van der Waals surface area contributed by atoms with Crippen molar-refractivity contribution in [3.8, 4) is 0 Å². The molecule has 0 bridgehead atoms. The van der Waals surface area contributed by atoms with E-state index in [9.17, 15) is 13.2 Å². The van der Waals surface area contributed by atoms with Crippen molar-refractivity contribution < 1.29 is 13.2 Å². The number of unbranched alkanes of at least 4 members (excludes halogenated alkanes) is 1. The molecular weight excluding hydrogens is 320 g/mol. The van der Waals surface area contributed by atoms with Crippen molar-refractivity contribution in [2.75, 3.05) is 6.54 Å². The first-order chi connectivity index (χ1) is 10.4. The Hall–Kier alpha value is -0.920. The highest BCUT2D eigenvalue weighted by atomic mass is 32.2. The molecule has 1 atom stereocenters. The molecule has 1 rings (SSSR count). The van der Waals surface area contributed by atoms with Gasteiger partial charge in [0, 0.05) is 18.3 Å². The number of rotatable bonds is 10. The van der Waals surface area contributed by atoms with Crippen molar-refractivity contribution in [1.29, 1.82) is 0 Å². The summed E-state index contributed by atoms with van der Waals surface area (Å²) in [6.45, 7) is 6.51. The number of amides is 1. The molecule has 1 amide bonds. The molecule has 1 aromatic rings. The molecule has 1 aromatic heterocycles. The van der Waals surface area contributed by atoms with Crippen LogP contribution in [0.1, 0.15) is 51.3 Å². The number of sulfonamides is 1. The molecule has 0 aromatic carbocycles. The number of carbonyl (C=O) groups excluding carboxylic acids is 1. The second-order valence-electron chi connectivity index (χ2n) is 5.40. The molecule has 7 heteroatoms. The minimum atomic E-state index is -3.45. The van der Waals surface area contributed by atoms with Crippen LogP contribution < -0.4 is 10.0 Å². The fourth-order valence-corrected chi connectivity index (χ4v) is 4.51. The average molecular weight is 347 g/mol. The molecule has 0 fully saturated rings. The van der Waals surface area contributed by atoms with Crippen LogP contribution in [0, 0.1) is 5.92 Å². The highest BCUT2D eigenvalue weighted by Gasteiger charge is 2.18. The maximum absolute atomic E-state index is 12.3. The van der Waals surface area contributed by atoms with Gasteiger partial charge in [0.2, 0.25) is 15.9 Å². The van der Waals surface area contributed by atoms with E-state index in [1.807, 2.05) is 0 Å². The highest BCUT2D eigenvalue weighted by molar-refractivity contribution is 7.91. The lowest BCUT2D eigenvalue weighted by Gasteiger charge is -2.14. The van der Waals surface area contributed by atoms with E-state index in [2.05, 4.69) is 23.9 Å². The summed E-state index contributed by atoms with van der Waals surface area (Å²) in [6, 6.07) is 3.33. The normalized spacial score (nSPS) is 13.0. The van der Waals surface area contributed by atoms with Crippen LogP contribution in [0.5, 0.6) is 0 Å². The van der Waals surface area contributed by atoms with Gasteiger partial charge in [0.1, 0.15) is 4.21 Å². The number of nitrogens with one attached hydrogen (secondary N) is 2. The van der Waals surface area contributed by atoms with E-state index in [4.69, 9.17) is 0 Å². The van der Waals surface area contributed by atoms with Gasteiger partial charge >= 0.3 is 0 Å². The summed E-state index contributed by atoms with van der Waals surface area (Å²) in [5, 5.41) is 2.67. The maximum atomic E-state index is 12.3. The monoisotopic (exact) mass is 346 g/mol. The Balaban J connectivity index is 2.60. The molecule has 0 saturated carbocycles. The molecule has 1 heterocycles. The molecule has 5 nitrogen and oxygen atoms in total. The topological polar surface area (TPSA) is 75.3 Å². The largest absolute Gasteiger partial charge is 0.351 e. The second-order valence-corrected chi connectivity index (χ2v) is 8.56. The van der Waals surface area contributed by atoms with Crippen LogP contribution in [0.15, 0.2) is 16.3 Å². The van der Waals surface area contributed by atoms with Crippen molar-refractivity contribution in [3.05, 3.63) is 17.0 Å². The van der Waals surface area contributed by atoms with Crippen molar-refractivity contribution >= 4 is 27.3 Å². The van der Waals surface area contributed by atoms with E-state index >= 15 is 0 Å². The van der Waals surface area contributed by atoms with Gasteiger partial charge in [-0.15, -0.1) is 11.3 Å². The minimum absolute atomic E-state index is 0.127. The number of hydrogen-bond acceptors (Lipinski definition) is 4. The van der Waals surface area contributed by atoms with E-state index in [0.717, 1.165) is 30.6 Å². The van der Waals surface area contributed by atoms with Crippen molar-refractivity contribution in [2.24, 2.45) is 5.92 Å². The SMILES string of the molecule is CCCCC(CC)CNS(=O)(=O)c1ccc(CNC(C)=O)s1. The van der Waals surface area contributed by atoms with Crippen molar-refractivity contribution in [1.82, 2.24) is 10.0 Å². The Morgan fingerprint density at radius 3 is 2.64 bits per heavy atom. The van der Waals surface area contributed by atoms with Crippen LogP contribution >= 0.6 is 11.3 Å². The number of thiophene rings is 1. The first kappa shape index (κ1) is 19.1. The summed E-state index contributed by atoms with van der Waals surface area (Å²) in [4.78, 5) is 11.7. The second kappa shape index (κ2) is 9.27. The van der Waals surface area contributed by atoms with Crippen LogP contribution in [0.25, 0.3) is 0 Å². The molecular formula is C15H26N2O3S2. The zero-order valence-corrected chi connectivity index (χ0v) is 15.1. The summed E-state index contributed by atoms with van der Waals surface area (Å²) < 4.78 is 27.6. The Morgan fingerprint density at radius 2 is 2.05 bits per heavy atom. The van der Waals surface area contributed by atoms with Crippen molar-refractivity contribution in [2.45, 2.75) is 57.2 Å². The van der Waals surface area contributed by atoms with Gasteiger partial charge in [-0.2, -0.15) is 0 Å². The average Bonchev–Trinajstić information content (AvgIpc) is 2.95. The maximum Gasteiger partial charge on any atom is 0.250 e.